The van der Waals surface area contributed by atoms with E-state index in [1.807, 2.05) is 0 Å². The number of hydrogen-bond donors (Lipinski definition) is 1. The first-order valence-corrected chi connectivity index (χ1v) is 8.24. The van der Waals surface area contributed by atoms with E-state index in [9.17, 15) is 0 Å². The fraction of sp³-hybridized carbons (Fsp3) is 0.444. The smallest absolute Gasteiger partial charge is 0.0360 e. The molecule has 1 N–H and O–H groups in total. The van der Waals surface area contributed by atoms with Crippen LogP contribution in [0.25, 0.3) is 10.8 Å². The van der Waals surface area contributed by atoms with Gasteiger partial charge in [0.15, 0.2) is 0 Å². The predicted octanol–water partition coefficient (Wildman–Crippen LogP) is 5.30. The van der Waals surface area contributed by atoms with E-state index in [1.165, 1.54) is 27.2 Å². The third-order valence-electron chi connectivity index (χ3n) is 4.66. The van der Waals surface area contributed by atoms with Crippen molar-refractivity contribution in [3.8, 4) is 0 Å². The Morgan fingerprint density at radius 1 is 1.20 bits per heavy atom. The van der Waals surface area contributed by atoms with Crippen molar-refractivity contribution in [3.63, 3.8) is 0 Å². The molecule has 1 aliphatic carbocycles. The summed E-state index contributed by atoms with van der Waals surface area (Å²) in [5, 5.41) is 6.40. The van der Waals surface area contributed by atoms with Crippen molar-refractivity contribution in [2.45, 2.75) is 33.2 Å². The molecule has 0 heterocycles. The molecule has 1 aliphatic rings. The molecule has 1 saturated carbocycles. The van der Waals surface area contributed by atoms with Crippen LogP contribution in [-0.4, -0.2) is 6.54 Å². The average molecular weight is 332 g/mol. The molecule has 2 aromatic rings. The second-order valence-corrected chi connectivity index (χ2v) is 7.37. The summed E-state index contributed by atoms with van der Waals surface area (Å²) in [5.41, 5.74) is 1.92. The van der Waals surface area contributed by atoms with Gasteiger partial charge in [0, 0.05) is 10.5 Å². The Hall–Kier alpha value is -0.860. The largest absolute Gasteiger partial charge is 0.310 e. The topological polar surface area (TPSA) is 12.0 Å². The Labute approximate surface area is 129 Å². The summed E-state index contributed by atoms with van der Waals surface area (Å²) in [6.07, 6.45) is 1.31. The van der Waals surface area contributed by atoms with E-state index in [1.54, 1.807) is 0 Å². The van der Waals surface area contributed by atoms with Crippen LogP contribution >= 0.6 is 15.9 Å². The van der Waals surface area contributed by atoms with Crippen LogP contribution in [-0.2, 0) is 0 Å². The van der Waals surface area contributed by atoms with Gasteiger partial charge in [-0.15, -0.1) is 0 Å². The molecule has 20 heavy (non-hydrogen) atoms. The van der Waals surface area contributed by atoms with Crippen LogP contribution in [0.1, 0.15) is 38.8 Å². The maximum Gasteiger partial charge on any atom is 0.0360 e. The van der Waals surface area contributed by atoms with Crippen molar-refractivity contribution >= 4 is 26.7 Å². The van der Waals surface area contributed by atoms with Gasteiger partial charge in [-0.25, -0.2) is 0 Å². The summed E-state index contributed by atoms with van der Waals surface area (Å²) in [4.78, 5) is 0. The molecule has 2 atom stereocenters. The number of rotatable bonds is 4. The molecule has 106 valence electrons. The number of hydrogen-bond acceptors (Lipinski definition) is 1. The van der Waals surface area contributed by atoms with Crippen molar-refractivity contribution in [3.05, 3.63) is 46.4 Å². The summed E-state index contributed by atoms with van der Waals surface area (Å²) < 4.78 is 1.18. The van der Waals surface area contributed by atoms with E-state index in [0.29, 0.717) is 11.5 Å². The molecular weight excluding hydrogens is 310 g/mol. The standard InChI is InChI=1S/C18H22BrN/c1-4-20-17(15-11-18(15,2)3)14-9-10-16(19)13-8-6-5-7-12(13)14/h5-10,15,17,20H,4,11H2,1-3H3. The molecule has 0 aliphatic heterocycles. The predicted molar refractivity (Wildman–Crippen MR) is 90.0 cm³/mol. The zero-order valence-corrected chi connectivity index (χ0v) is 14.0. The molecule has 2 unspecified atom stereocenters. The van der Waals surface area contributed by atoms with Crippen LogP contribution < -0.4 is 5.32 Å². The van der Waals surface area contributed by atoms with Crippen molar-refractivity contribution in [1.29, 1.82) is 0 Å². The lowest BCUT2D eigenvalue weighted by Crippen LogP contribution is -2.24. The second kappa shape index (κ2) is 5.16. The molecule has 2 heteroatoms. The lowest BCUT2D eigenvalue weighted by Gasteiger charge is -2.22. The minimum absolute atomic E-state index is 0.466. The van der Waals surface area contributed by atoms with Gasteiger partial charge in [0.25, 0.3) is 0 Å². The zero-order valence-electron chi connectivity index (χ0n) is 12.4. The Kier molecular flexibility index (Phi) is 3.64. The van der Waals surface area contributed by atoms with Crippen molar-refractivity contribution in [1.82, 2.24) is 5.32 Å². The van der Waals surface area contributed by atoms with Crippen molar-refractivity contribution in [2.24, 2.45) is 11.3 Å². The summed E-state index contributed by atoms with van der Waals surface area (Å²) in [7, 11) is 0. The maximum absolute atomic E-state index is 3.71. The molecule has 0 bridgehead atoms. The monoisotopic (exact) mass is 331 g/mol. The molecule has 0 radical (unpaired) electrons. The molecule has 2 aromatic carbocycles. The summed E-state index contributed by atoms with van der Waals surface area (Å²) in [6, 6.07) is 13.6. The van der Waals surface area contributed by atoms with Gasteiger partial charge in [0.05, 0.1) is 0 Å². The van der Waals surface area contributed by atoms with Crippen LogP contribution in [0.4, 0.5) is 0 Å². The third kappa shape index (κ3) is 2.40. The quantitative estimate of drug-likeness (QED) is 0.801. The van der Waals surface area contributed by atoms with Gasteiger partial charge in [-0.3, -0.25) is 0 Å². The number of fused-ring (bicyclic) bond motifs is 1. The highest BCUT2D eigenvalue weighted by Gasteiger charge is 2.50. The first kappa shape index (κ1) is 14.1. The average Bonchev–Trinajstić information content (AvgIpc) is 3.06. The van der Waals surface area contributed by atoms with Crippen LogP contribution in [0.15, 0.2) is 40.9 Å². The van der Waals surface area contributed by atoms with Crippen LogP contribution in [0, 0.1) is 11.3 Å². The third-order valence-corrected chi connectivity index (χ3v) is 5.35. The van der Waals surface area contributed by atoms with Gasteiger partial charge in [0.1, 0.15) is 0 Å². The molecule has 1 fully saturated rings. The van der Waals surface area contributed by atoms with E-state index in [4.69, 9.17) is 0 Å². The molecule has 0 aromatic heterocycles. The minimum atomic E-state index is 0.466. The Bertz CT molecular complexity index is 632. The summed E-state index contributed by atoms with van der Waals surface area (Å²) >= 11 is 3.67. The SMILES string of the molecule is CCNC(c1ccc(Br)c2ccccc12)C1CC1(C)C. The molecule has 1 nitrogen and oxygen atoms in total. The van der Waals surface area contributed by atoms with E-state index in [2.05, 4.69) is 78.4 Å². The van der Waals surface area contributed by atoms with Crippen molar-refractivity contribution in [2.75, 3.05) is 6.54 Å². The van der Waals surface area contributed by atoms with Crippen LogP contribution in [0.2, 0.25) is 0 Å². The number of nitrogens with one attached hydrogen (secondary N) is 1. The number of halogens is 1. The maximum atomic E-state index is 3.71. The Morgan fingerprint density at radius 3 is 2.45 bits per heavy atom. The minimum Gasteiger partial charge on any atom is -0.310 e. The lowest BCUT2D eigenvalue weighted by atomic mass is 9.92. The van der Waals surface area contributed by atoms with E-state index in [-0.39, 0.29) is 0 Å². The highest BCUT2D eigenvalue weighted by Crippen LogP contribution is 2.58. The van der Waals surface area contributed by atoms with Gasteiger partial charge in [0.2, 0.25) is 0 Å². The molecule has 0 amide bonds. The zero-order chi connectivity index (χ0) is 14.3. The normalized spacial score (nSPS) is 21.9. The van der Waals surface area contributed by atoms with Gasteiger partial charge < -0.3 is 5.32 Å². The highest BCUT2D eigenvalue weighted by atomic mass is 79.9. The van der Waals surface area contributed by atoms with Gasteiger partial charge in [-0.2, -0.15) is 0 Å². The fourth-order valence-electron chi connectivity index (χ4n) is 3.32. The first-order chi connectivity index (χ1) is 9.54. The first-order valence-electron chi connectivity index (χ1n) is 7.45. The van der Waals surface area contributed by atoms with E-state index >= 15 is 0 Å². The number of benzene rings is 2. The molecule has 3 rings (SSSR count). The van der Waals surface area contributed by atoms with E-state index < -0.39 is 0 Å². The summed E-state index contributed by atoms with van der Waals surface area (Å²) in [6.45, 7) is 7.97. The van der Waals surface area contributed by atoms with Gasteiger partial charge in [-0.05, 0) is 46.7 Å². The Balaban J connectivity index is 2.10. The molecule has 0 spiro atoms. The van der Waals surface area contributed by atoms with Gasteiger partial charge in [-0.1, -0.05) is 67.0 Å². The van der Waals surface area contributed by atoms with E-state index in [0.717, 1.165) is 12.5 Å². The highest BCUT2D eigenvalue weighted by molar-refractivity contribution is 9.10. The van der Waals surface area contributed by atoms with Gasteiger partial charge >= 0.3 is 0 Å². The fourth-order valence-corrected chi connectivity index (χ4v) is 3.80. The second-order valence-electron chi connectivity index (χ2n) is 6.52. The van der Waals surface area contributed by atoms with Crippen molar-refractivity contribution < 1.29 is 0 Å². The lowest BCUT2D eigenvalue weighted by molar-refractivity contribution is 0.425. The Morgan fingerprint density at radius 2 is 1.85 bits per heavy atom. The van der Waals surface area contributed by atoms with Crippen LogP contribution in [0.5, 0.6) is 0 Å². The van der Waals surface area contributed by atoms with Crippen LogP contribution in [0.3, 0.4) is 0 Å². The molecule has 0 saturated heterocycles. The molecular formula is C18H22BrN. The summed E-state index contributed by atoms with van der Waals surface area (Å²) in [5.74, 6) is 0.743.